The van der Waals surface area contributed by atoms with Crippen LogP contribution in [0.25, 0.3) is 22.3 Å². The van der Waals surface area contributed by atoms with Crippen molar-refractivity contribution in [1.29, 1.82) is 0 Å². The van der Waals surface area contributed by atoms with Gasteiger partial charge < -0.3 is 15.6 Å². The third-order valence-electron chi connectivity index (χ3n) is 5.18. The van der Waals surface area contributed by atoms with Crippen molar-refractivity contribution >= 4 is 28.2 Å². The van der Waals surface area contributed by atoms with Crippen LogP contribution in [0.15, 0.2) is 71.1 Å². The van der Waals surface area contributed by atoms with Crippen LogP contribution in [0.4, 0.5) is 5.82 Å². The lowest BCUT2D eigenvalue weighted by Gasteiger charge is -2.06. The predicted molar refractivity (Wildman–Crippen MR) is 127 cm³/mol. The maximum absolute atomic E-state index is 11.8. The van der Waals surface area contributed by atoms with Crippen LogP contribution in [0.1, 0.15) is 6.42 Å². The molecule has 0 atom stereocenters. The van der Waals surface area contributed by atoms with Gasteiger partial charge in [-0.1, -0.05) is 29.5 Å². The summed E-state index contributed by atoms with van der Waals surface area (Å²) in [7, 11) is 0. The van der Waals surface area contributed by atoms with Crippen molar-refractivity contribution in [2.45, 2.75) is 19.5 Å². The fourth-order valence-corrected chi connectivity index (χ4v) is 4.25. The summed E-state index contributed by atoms with van der Waals surface area (Å²) in [4.78, 5) is 20.1. The summed E-state index contributed by atoms with van der Waals surface area (Å²) in [5, 5.41) is 16.7. The highest BCUT2D eigenvalue weighted by Gasteiger charge is 2.17. The van der Waals surface area contributed by atoms with E-state index in [0.717, 1.165) is 22.6 Å². The number of anilines is 1. The molecule has 5 aromatic rings. The smallest absolute Gasteiger partial charge is 0.309 e. The van der Waals surface area contributed by atoms with Crippen LogP contribution in [-0.2, 0) is 13.1 Å². The third-order valence-corrected chi connectivity index (χ3v) is 5.93. The van der Waals surface area contributed by atoms with Gasteiger partial charge in [-0.3, -0.25) is 9.36 Å². The summed E-state index contributed by atoms with van der Waals surface area (Å²) in [5.41, 5.74) is 8.32. The molecule has 0 saturated heterocycles. The van der Waals surface area contributed by atoms with Gasteiger partial charge >= 0.3 is 4.87 Å². The van der Waals surface area contributed by atoms with Gasteiger partial charge in [0.25, 0.3) is 0 Å². The molecule has 0 fully saturated rings. The van der Waals surface area contributed by atoms with E-state index in [2.05, 4.69) is 9.97 Å². The molecule has 2 aromatic carbocycles. The summed E-state index contributed by atoms with van der Waals surface area (Å²) in [6.07, 6.45) is 1.99. The van der Waals surface area contributed by atoms with Crippen molar-refractivity contribution in [2.75, 3.05) is 5.73 Å². The number of ether oxygens (including phenoxy) is 1. The van der Waals surface area contributed by atoms with E-state index < -0.39 is 0 Å². The van der Waals surface area contributed by atoms with Gasteiger partial charge in [0.1, 0.15) is 29.3 Å². The van der Waals surface area contributed by atoms with E-state index in [1.165, 1.54) is 16.3 Å². The lowest BCUT2D eigenvalue weighted by Crippen LogP contribution is -2.14. The number of nitrogen functional groups attached to an aromatic ring is 1. The fraction of sp³-hybridized carbons (Fsp3) is 0.130. The van der Waals surface area contributed by atoms with E-state index in [4.69, 9.17) is 15.6 Å². The topological polar surface area (TPSA) is 121 Å². The molecule has 10 heteroatoms. The normalized spacial score (nSPS) is 11.2. The molecule has 5 rings (SSSR count). The molecular weight excluding hydrogens is 440 g/mol. The average Bonchev–Trinajstić information content (AvgIpc) is 3.36. The Morgan fingerprint density at radius 2 is 1.76 bits per heavy atom. The summed E-state index contributed by atoms with van der Waals surface area (Å²) >= 11 is 0.972. The summed E-state index contributed by atoms with van der Waals surface area (Å²) in [6.45, 7) is 0.862. The molecule has 0 aliphatic heterocycles. The zero-order chi connectivity index (χ0) is 22.8. The lowest BCUT2D eigenvalue weighted by atomic mass is 10.1. The summed E-state index contributed by atoms with van der Waals surface area (Å²) in [6, 6.07) is 17.1. The molecule has 0 radical (unpaired) electrons. The molecule has 0 unspecified atom stereocenters. The number of aryl methyl sites for hydroxylation is 1. The van der Waals surface area contributed by atoms with Crippen molar-refractivity contribution < 1.29 is 9.84 Å². The number of benzene rings is 2. The van der Waals surface area contributed by atoms with Gasteiger partial charge in [-0.2, -0.15) is 5.10 Å². The summed E-state index contributed by atoms with van der Waals surface area (Å²) in [5.74, 6) is 1.78. The number of para-hydroxylation sites is 1. The molecule has 166 valence electrons. The first kappa shape index (κ1) is 20.7. The molecule has 0 spiro atoms. The highest BCUT2D eigenvalue weighted by Crippen LogP contribution is 2.32. The van der Waals surface area contributed by atoms with E-state index in [9.17, 15) is 9.90 Å². The molecule has 0 aliphatic rings. The quantitative estimate of drug-likeness (QED) is 0.378. The first-order valence-electron chi connectivity index (χ1n) is 10.3. The second-order valence-corrected chi connectivity index (χ2v) is 8.15. The van der Waals surface area contributed by atoms with Gasteiger partial charge in [-0.25, -0.2) is 14.6 Å². The molecule has 0 saturated carbocycles. The van der Waals surface area contributed by atoms with Crippen molar-refractivity contribution in [3.63, 3.8) is 0 Å². The Morgan fingerprint density at radius 3 is 2.48 bits per heavy atom. The Kier molecular flexibility index (Phi) is 5.49. The first-order chi connectivity index (χ1) is 16.1. The van der Waals surface area contributed by atoms with E-state index in [-0.39, 0.29) is 10.8 Å². The Hall–Kier alpha value is -4.18. The van der Waals surface area contributed by atoms with Gasteiger partial charge in [-0.05, 0) is 42.8 Å². The minimum Gasteiger partial charge on any atom is -0.494 e. The molecule has 3 heterocycles. The van der Waals surface area contributed by atoms with Crippen LogP contribution in [0.5, 0.6) is 17.4 Å². The highest BCUT2D eigenvalue weighted by molar-refractivity contribution is 7.07. The van der Waals surface area contributed by atoms with E-state index >= 15 is 0 Å². The van der Waals surface area contributed by atoms with Gasteiger partial charge in [0.15, 0.2) is 5.65 Å². The molecule has 3 aromatic heterocycles. The minimum absolute atomic E-state index is 0.0274. The number of nitrogens with two attached hydrogens (primary N) is 1. The number of thiazole rings is 1. The van der Waals surface area contributed by atoms with Crippen LogP contribution < -0.4 is 15.3 Å². The number of rotatable bonds is 7. The van der Waals surface area contributed by atoms with Crippen LogP contribution in [0.3, 0.4) is 0 Å². The maximum Gasteiger partial charge on any atom is 0.309 e. The third kappa shape index (κ3) is 4.15. The lowest BCUT2D eigenvalue weighted by molar-refractivity contribution is 0.402. The highest BCUT2D eigenvalue weighted by atomic mass is 32.1. The molecule has 33 heavy (non-hydrogen) atoms. The summed E-state index contributed by atoms with van der Waals surface area (Å²) < 4.78 is 8.97. The predicted octanol–water partition coefficient (Wildman–Crippen LogP) is 3.89. The van der Waals surface area contributed by atoms with E-state index in [1.54, 1.807) is 4.68 Å². The number of fused-ring (bicyclic) bond motifs is 1. The first-order valence-corrected chi connectivity index (χ1v) is 11.2. The van der Waals surface area contributed by atoms with Crippen LogP contribution in [0, 0.1) is 0 Å². The number of hydrogen-bond donors (Lipinski definition) is 2. The molecule has 0 aliphatic carbocycles. The van der Waals surface area contributed by atoms with E-state index in [1.807, 2.05) is 54.6 Å². The van der Waals surface area contributed by atoms with Gasteiger partial charge in [0.2, 0.25) is 5.88 Å². The van der Waals surface area contributed by atoms with Crippen LogP contribution >= 0.6 is 11.3 Å². The van der Waals surface area contributed by atoms with Crippen molar-refractivity contribution in [3.8, 4) is 28.6 Å². The number of aromatic nitrogens is 5. The van der Waals surface area contributed by atoms with Crippen LogP contribution in [0.2, 0.25) is 0 Å². The zero-order valence-electron chi connectivity index (χ0n) is 17.5. The molecule has 9 nitrogen and oxygen atoms in total. The Balaban J connectivity index is 1.42. The maximum atomic E-state index is 11.8. The van der Waals surface area contributed by atoms with Gasteiger partial charge in [-0.15, -0.1) is 0 Å². The molecule has 0 amide bonds. The minimum atomic E-state index is -0.192. The Morgan fingerprint density at radius 1 is 1.00 bits per heavy atom. The van der Waals surface area contributed by atoms with Crippen molar-refractivity contribution in [2.24, 2.45) is 0 Å². The van der Waals surface area contributed by atoms with Crippen molar-refractivity contribution in [3.05, 3.63) is 76.0 Å². The second-order valence-electron chi connectivity index (χ2n) is 7.33. The van der Waals surface area contributed by atoms with Crippen LogP contribution in [-0.4, -0.2) is 29.4 Å². The largest absolute Gasteiger partial charge is 0.494 e. The zero-order valence-corrected chi connectivity index (χ0v) is 18.3. The van der Waals surface area contributed by atoms with Gasteiger partial charge in [0, 0.05) is 18.7 Å². The SMILES string of the molecule is Nc1ncnc2c1c(-c1ccc(Oc3ccccc3)cc1)nn2CCCn1c(O)csc1=O. The number of hydrogen-bond acceptors (Lipinski definition) is 8. The Bertz CT molecular complexity index is 1460. The van der Waals surface area contributed by atoms with E-state index in [0.29, 0.717) is 47.8 Å². The monoisotopic (exact) mass is 460 g/mol. The van der Waals surface area contributed by atoms with Gasteiger partial charge in [0.05, 0.1) is 10.8 Å². The molecular formula is C23H20N6O3S. The second kappa shape index (κ2) is 8.75. The van der Waals surface area contributed by atoms with Crippen molar-refractivity contribution in [1.82, 2.24) is 24.3 Å². The molecule has 0 bridgehead atoms. The average molecular weight is 461 g/mol. The molecule has 3 N–H and O–H groups in total. The number of nitrogens with zero attached hydrogens (tertiary/aromatic N) is 5. The standard InChI is InChI=1S/C23H20N6O3S/c24-21-19-20(15-7-9-17(10-8-15)32-16-5-2-1-3-6-16)27-29(22(19)26-14-25-21)12-4-11-28-18(30)13-33-23(28)31/h1-3,5-10,13-14,30H,4,11-12H2,(H2,24,25,26). The Labute approximate surface area is 192 Å². The fourth-order valence-electron chi connectivity index (χ4n) is 3.60. The number of aromatic hydroxyl groups is 1.